The van der Waals surface area contributed by atoms with E-state index in [1.54, 1.807) is 0 Å². The van der Waals surface area contributed by atoms with Crippen LogP contribution in [0.5, 0.6) is 5.88 Å². The number of nitrogens with zero attached hydrogens (tertiary/aromatic N) is 1. The molecule has 5 nitrogen and oxygen atoms in total. The largest absolute Gasteiger partial charge is 0.481 e. The Hall–Kier alpha value is -1.49. The Bertz CT molecular complexity index is 317. The van der Waals surface area contributed by atoms with E-state index >= 15 is 0 Å². The molecule has 13 heavy (non-hydrogen) atoms. The quantitative estimate of drug-likeness (QED) is 0.744. The number of rotatable bonds is 2. The highest BCUT2D eigenvalue weighted by Crippen LogP contribution is 2.13. The zero-order valence-electron chi connectivity index (χ0n) is 6.85. The Morgan fingerprint density at radius 1 is 1.62 bits per heavy atom. The molecule has 0 saturated heterocycles. The Morgan fingerprint density at radius 3 is 2.62 bits per heavy atom. The molecular weight excluding hydrogens is 196 g/mol. The number of hydrogen-bond donors (Lipinski definition) is 2. The molecule has 0 unspecified atom stereocenters. The van der Waals surface area contributed by atoms with E-state index in [9.17, 15) is 4.79 Å². The van der Waals surface area contributed by atoms with Crippen LogP contribution in [-0.4, -0.2) is 23.2 Å². The van der Waals surface area contributed by atoms with E-state index in [1.807, 2.05) is 0 Å². The van der Waals surface area contributed by atoms with Gasteiger partial charge in [0, 0.05) is 6.07 Å². The van der Waals surface area contributed by atoms with Gasteiger partial charge in [0.2, 0.25) is 5.88 Å². The number of anilines is 1. The van der Waals surface area contributed by atoms with Crippen LogP contribution in [-0.2, 0) is 0 Å². The highest BCUT2D eigenvalue weighted by atomic mass is 35.5. The molecule has 0 atom stereocenters. The fourth-order valence-corrected chi connectivity index (χ4v) is 0.751. The second-order valence-corrected chi connectivity index (χ2v) is 2.09. The van der Waals surface area contributed by atoms with Crippen LogP contribution in [0.3, 0.4) is 0 Å². The van der Waals surface area contributed by atoms with Gasteiger partial charge >= 0.3 is 5.97 Å². The average Bonchev–Trinajstić information content (AvgIpc) is 2.03. The van der Waals surface area contributed by atoms with Gasteiger partial charge < -0.3 is 15.6 Å². The molecule has 1 aromatic rings. The van der Waals surface area contributed by atoms with Crippen LogP contribution in [0, 0.1) is 0 Å². The summed E-state index contributed by atoms with van der Waals surface area (Å²) in [6.07, 6.45) is 0. The van der Waals surface area contributed by atoms with Crippen molar-refractivity contribution >= 4 is 24.2 Å². The van der Waals surface area contributed by atoms with Crippen molar-refractivity contribution in [3.05, 3.63) is 17.7 Å². The molecular formula is C7H9ClN2O3. The molecule has 0 aromatic carbocycles. The van der Waals surface area contributed by atoms with Crippen molar-refractivity contribution in [3.63, 3.8) is 0 Å². The summed E-state index contributed by atoms with van der Waals surface area (Å²) in [7, 11) is 1.43. The highest BCUT2D eigenvalue weighted by molar-refractivity contribution is 5.92. The number of carboxylic acid groups (broad SMARTS) is 1. The Labute approximate surface area is 80.9 Å². The Balaban J connectivity index is 0.00000144. The second-order valence-electron chi connectivity index (χ2n) is 2.09. The number of carboxylic acids is 1. The fraction of sp³-hybridized carbons (Fsp3) is 0.143. The summed E-state index contributed by atoms with van der Waals surface area (Å²) in [5.41, 5.74) is 5.31. The third-order valence-electron chi connectivity index (χ3n) is 1.34. The van der Waals surface area contributed by atoms with Crippen molar-refractivity contribution in [1.82, 2.24) is 4.98 Å². The number of nitrogen functional groups attached to an aromatic ring is 1. The zero-order chi connectivity index (χ0) is 9.14. The molecule has 0 saturated carbocycles. The number of carbonyl (C=O) groups is 1. The molecule has 1 heterocycles. The molecule has 6 heteroatoms. The molecule has 0 fully saturated rings. The van der Waals surface area contributed by atoms with Crippen molar-refractivity contribution in [2.45, 2.75) is 0 Å². The topological polar surface area (TPSA) is 85.4 Å². The number of ether oxygens (including phenoxy) is 1. The van der Waals surface area contributed by atoms with E-state index in [1.165, 1.54) is 19.2 Å². The number of halogens is 1. The van der Waals surface area contributed by atoms with E-state index in [2.05, 4.69) is 4.98 Å². The minimum absolute atomic E-state index is 0. The zero-order valence-corrected chi connectivity index (χ0v) is 7.67. The third-order valence-corrected chi connectivity index (χ3v) is 1.34. The average molecular weight is 205 g/mol. The van der Waals surface area contributed by atoms with Gasteiger partial charge in [-0.05, 0) is 6.07 Å². The van der Waals surface area contributed by atoms with Gasteiger partial charge in [-0.2, -0.15) is 4.98 Å². The van der Waals surface area contributed by atoms with Crippen LogP contribution >= 0.6 is 12.4 Å². The smallest absolute Gasteiger partial charge is 0.339 e. The van der Waals surface area contributed by atoms with E-state index in [4.69, 9.17) is 15.6 Å². The summed E-state index contributed by atoms with van der Waals surface area (Å²) >= 11 is 0. The normalized spacial score (nSPS) is 8.69. The van der Waals surface area contributed by atoms with Crippen LogP contribution in [0.25, 0.3) is 0 Å². The van der Waals surface area contributed by atoms with Crippen LogP contribution in [0.4, 0.5) is 5.82 Å². The number of aromatic carboxylic acids is 1. The predicted molar refractivity (Wildman–Crippen MR) is 49.4 cm³/mol. The Morgan fingerprint density at radius 2 is 2.23 bits per heavy atom. The molecule has 3 N–H and O–H groups in total. The first-order chi connectivity index (χ1) is 5.65. The maximum Gasteiger partial charge on any atom is 0.339 e. The van der Waals surface area contributed by atoms with Gasteiger partial charge in [-0.25, -0.2) is 4.79 Å². The number of methoxy groups -OCH3 is 1. The van der Waals surface area contributed by atoms with Crippen molar-refractivity contribution < 1.29 is 14.6 Å². The molecule has 1 rings (SSSR count). The molecule has 0 spiro atoms. The van der Waals surface area contributed by atoms with Gasteiger partial charge in [0.05, 0.1) is 7.11 Å². The summed E-state index contributed by atoms with van der Waals surface area (Å²) in [6, 6.07) is 2.79. The Kier molecular flexibility index (Phi) is 4.00. The van der Waals surface area contributed by atoms with E-state index < -0.39 is 5.97 Å². The van der Waals surface area contributed by atoms with Gasteiger partial charge in [-0.3, -0.25) is 0 Å². The fourth-order valence-electron chi connectivity index (χ4n) is 0.751. The van der Waals surface area contributed by atoms with E-state index in [0.29, 0.717) is 5.88 Å². The lowest BCUT2D eigenvalue weighted by atomic mass is 10.2. The lowest BCUT2D eigenvalue weighted by molar-refractivity contribution is 0.0697. The first-order valence-corrected chi connectivity index (χ1v) is 3.19. The number of nitrogens with two attached hydrogens (primary N) is 1. The molecule has 1 aromatic heterocycles. The van der Waals surface area contributed by atoms with Crippen LogP contribution in [0.1, 0.15) is 10.4 Å². The maximum absolute atomic E-state index is 10.5. The molecule has 0 amide bonds. The number of aromatic nitrogens is 1. The second kappa shape index (κ2) is 4.51. The maximum atomic E-state index is 10.5. The summed E-state index contributed by atoms with van der Waals surface area (Å²) in [5, 5.41) is 8.57. The summed E-state index contributed by atoms with van der Waals surface area (Å²) in [4.78, 5) is 14.1. The molecule has 0 bridgehead atoms. The van der Waals surface area contributed by atoms with Gasteiger partial charge in [0.15, 0.2) is 0 Å². The molecule has 0 aliphatic carbocycles. The molecule has 0 aliphatic rings. The third kappa shape index (κ3) is 2.48. The lowest BCUT2D eigenvalue weighted by Crippen LogP contribution is -2.04. The lowest BCUT2D eigenvalue weighted by Gasteiger charge is -2.01. The summed E-state index contributed by atoms with van der Waals surface area (Å²) in [5.74, 6) is -0.831. The monoisotopic (exact) mass is 204 g/mol. The summed E-state index contributed by atoms with van der Waals surface area (Å²) < 4.78 is 4.75. The predicted octanol–water partition coefficient (Wildman–Crippen LogP) is 0.792. The van der Waals surface area contributed by atoms with Crippen molar-refractivity contribution in [1.29, 1.82) is 0 Å². The van der Waals surface area contributed by atoms with Crippen molar-refractivity contribution in [2.75, 3.05) is 12.8 Å². The summed E-state index contributed by atoms with van der Waals surface area (Å²) in [6.45, 7) is 0. The van der Waals surface area contributed by atoms with E-state index in [0.717, 1.165) is 0 Å². The first-order valence-electron chi connectivity index (χ1n) is 3.19. The van der Waals surface area contributed by atoms with Gasteiger partial charge in [0.1, 0.15) is 11.4 Å². The number of pyridine rings is 1. The van der Waals surface area contributed by atoms with Crippen LogP contribution in [0.2, 0.25) is 0 Å². The van der Waals surface area contributed by atoms with Gasteiger partial charge in [-0.1, -0.05) is 0 Å². The molecule has 72 valence electrons. The van der Waals surface area contributed by atoms with Gasteiger partial charge in [-0.15, -0.1) is 12.4 Å². The highest BCUT2D eigenvalue weighted by Gasteiger charge is 2.08. The van der Waals surface area contributed by atoms with Crippen molar-refractivity contribution in [3.8, 4) is 5.88 Å². The van der Waals surface area contributed by atoms with Crippen molar-refractivity contribution in [2.24, 2.45) is 0 Å². The van der Waals surface area contributed by atoms with Crippen LogP contribution in [0.15, 0.2) is 12.1 Å². The minimum atomic E-state index is -1.09. The SMILES string of the molecule is COc1ccc(C(=O)O)c(N)n1.Cl. The minimum Gasteiger partial charge on any atom is -0.481 e. The van der Waals surface area contributed by atoms with Crippen LogP contribution < -0.4 is 10.5 Å². The first kappa shape index (κ1) is 11.5. The van der Waals surface area contributed by atoms with Gasteiger partial charge in [0.25, 0.3) is 0 Å². The van der Waals surface area contributed by atoms with E-state index in [-0.39, 0.29) is 23.8 Å². The molecule has 0 aliphatic heterocycles. The number of hydrogen-bond acceptors (Lipinski definition) is 4. The molecule has 0 radical (unpaired) electrons. The standard InChI is InChI=1S/C7H8N2O3.ClH/c1-12-5-3-2-4(7(10)11)6(8)9-5;/h2-3H,1H3,(H2,8,9)(H,10,11);1H.